The molecule has 1 saturated heterocycles. The van der Waals surface area contributed by atoms with Crippen molar-refractivity contribution in [2.75, 3.05) is 13.6 Å². The predicted molar refractivity (Wildman–Crippen MR) is 102 cm³/mol. The van der Waals surface area contributed by atoms with Gasteiger partial charge in [-0.1, -0.05) is 26.0 Å². The van der Waals surface area contributed by atoms with E-state index in [2.05, 4.69) is 18.7 Å². The number of fused-ring (bicyclic) bond motifs is 3. The molecule has 0 saturated carbocycles. The first-order valence-corrected chi connectivity index (χ1v) is 9.42. The Bertz CT molecular complexity index is 879. The highest BCUT2D eigenvalue weighted by Crippen LogP contribution is 2.34. The van der Waals surface area contributed by atoms with Gasteiger partial charge in [0.2, 0.25) is 5.96 Å². The van der Waals surface area contributed by atoms with E-state index in [0.717, 1.165) is 18.2 Å². The molecule has 0 N–H and O–H groups in total. The quantitative estimate of drug-likeness (QED) is 0.799. The molecule has 1 fully saturated rings. The highest BCUT2D eigenvalue weighted by atomic mass is 19.1. The lowest BCUT2D eigenvalue weighted by molar-refractivity contribution is -0.137. The van der Waals surface area contributed by atoms with Crippen LogP contribution in [0.25, 0.3) is 0 Å². The molecule has 0 spiro atoms. The maximum absolute atomic E-state index is 13.3. The molecule has 0 aliphatic carbocycles. The van der Waals surface area contributed by atoms with Crippen LogP contribution in [0.3, 0.4) is 0 Å². The van der Waals surface area contributed by atoms with Gasteiger partial charge in [-0.25, -0.2) is 14.2 Å². The van der Waals surface area contributed by atoms with E-state index in [-0.39, 0.29) is 18.3 Å². The number of likely N-dealkylation sites (N-methyl/N-ethyl adjacent to an activating group) is 1. The first-order valence-electron chi connectivity index (χ1n) is 9.42. The summed E-state index contributed by atoms with van der Waals surface area (Å²) in [5.74, 6) is 0.511. The summed E-state index contributed by atoms with van der Waals surface area (Å²) in [6.45, 7) is 7.15. The number of amides is 3. The Balaban J connectivity index is 1.62. The fraction of sp³-hybridized carbons (Fsp3) is 0.450. The van der Waals surface area contributed by atoms with E-state index in [1.165, 1.54) is 21.9 Å². The molecular weight excluding hydrogens is 361 g/mol. The second-order valence-corrected chi connectivity index (χ2v) is 7.91. The summed E-state index contributed by atoms with van der Waals surface area (Å²) in [7, 11) is 1.67. The van der Waals surface area contributed by atoms with Crippen LogP contribution in [0.15, 0.2) is 41.2 Å². The second kappa shape index (κ2) is 6.61. The fourth-order valence-electron chi connectivity index (χ4n) is 3.91. The average molecular weight is 385 g/mol. The maximum atomic E-state index is 13.3. The Kier molecular flexibility index (Phi) is 4.36. The van der Waals surface area contributed by atoms with Crippen molar-refractivity contribution in [3.63, 3.8) is 0 Å². The topological polar surface area (TPSA) is 59.5 Å². The molecule has 1 aromatic rings. The number of hydrogen-bond acceptors (Lipinski definition) is 5. The summed E-state index contributed by atoms with van der Waals surface area (Å²) in [5.41, 5.74) is 1.73. The summed E-state index contributed by atoms with van der Waals surface area (Å²) in [6.07, 6.45) is 1.39. The molecule has 0 bridgehead atoms. The Morgan fingerprint density at radius 1 is 1.14 bits per heavy atom. The summed E-state index contributed by atoms with van der Waals surface area (Å²) in [6, 6.07) is 4.86. The van der Waals surface area contributed by atoms with Gasteiger partial charge in [0.25, 0.3) is 5.91 Å². The number of carbonyl (C=O) groups is 2. The van der Waals surface area contributed by atoms with E-state index in [4.69, 9.17) is 4.99 Å². The van der Waals surface area contributed by atoms with Crippen molar-refractivity contribution >= 4 is 17.9 Å². The molecule has 0 radical (unpaired) electrons. The Morgan fingerprint density at radius 2 is 1.82 bits per heavy atom. The zero-order chi connectivity index (χ0) is 20.2. The molecule has 3 aliphatic heterocycles. The SMILES string of the molecule is CC1=CN2C(=NC3C2C(=O)N(Cc2ccc(F)cc2)C(=O)N3C)N1CC(C)C. The van der Waals surface area contributed by atoms with Crippen LogP contribution < -0.4 is 0 Å². The van der Waals surface area contributed by atoms with Crippen molar-refractivity contribution in [3.05, 3.63) is 47.5 Å². The minimum Gasteiger partial charge on any atom is -0.315 e. The van der Waals surface area contributed by atoms with E-state index in [1.807, 2.05) is 18.0 Å². The number of benzene rings is 1. The molecule has 2 atom stereocenters. The van der Waals surface area contributed by atoms with E-state index < -0.39 is 18.2 Å². The van der Waals surface area contributed by atoms with Crippen molar-refractivity contribution in [2.45, 2.75) is 39.5 Å². The molecule has 1 aromatic carbocycles. The van der Waals surface area contributed by atoms with Crippen LogP contribution in [0.4, 0.5) is 9.18 Å². The normalized spacial score (nSPS) is 24.1. The van der Waals surface area contributed by atoms with Crippen molar-refractivity contribution < 1.29 is 14.0 Å². The van der Waals surface area contributed by atoms with Gasteiger partial charge in [0, 0.05) is 25.5 Å². The third kappa shape index (κ3) is 2.83. The van der Waals surface area contributed by atoms with Crippen molar-refractivity contribution in [1.82, 2.24) is 19.6 Å². The zero-order valence-corrected chi connectivity index (χ0v) is 16.5. The van der Waals surface area contributed by atoms with Gasteiger partial charge in [0.1, 0.15) is 5.82 Å². The molecule has 7 nitrogen and oxygen atoms in total. The van der Waals surface area contributed by atoms with Crippen LogP contribution in [-0.4, -0.2) is 63.3 Å². The maximum Gasteiger partial charge on any atom is 0.328 e. The predicted octanol–water partition coefficient (Wildman–Crippen LogP) is 2.42. The first kappa shape index (κ1) is 18.5. The fourth-order valence-corrected chi connectivity index (χ4v) is 3.91. The molecule has 0 aromatic heterocycles. The van der Waals surface area contributed by atoms with Gasteiger partial charge in [0.05, 0.1) is 6.54 Å². The van der Waals surface area contributed by atoms with Crippen LogP contribution in [-0.2, 0) is 11.3 Å². The van der Waals surface area contributed by atoms with Gasteiger partial charge in [-0.3, -0.25) is 9.69 Å². The van der Waals surface area contributed by atoms with Crippen LogP contribution in [0.5, 0.6) is 0 Å². The highest BCUT2D eigenvalue weighted by molar-refractivity contribution is 6.04. The number of carbonyl (C=O) groups excluding carboxylic acids is 2. The molecule has 2 unspecified atom stereocenters. The number of hydrogen-bond donors (Lipinski definition) is 0. The smallest absolute Gasteiger partial charge is 0.315 e. The Hall–Kier alpha value is -2.90. The van der Waals surface area contributed by atoms with Crippen LogP contribution in [0.2, 0.25) is 0 Å². The van der Waals surface area contributed by atoms with Gasteiger partial charge in [-0.2, -0.15) is 0 Å². The highest BCUT2D eigenvalue weighted by Gasteiger charge is 2.54. The molecule has 3 heterocycles. The Labute approximate surface area is 163 Å². The minimum absolute atomic E-state index is 0.104. The number of rotatable bonds is 4. The lowest BCUT2D eigenvalue weighted by Crippen LogP contribution is -2.63. The molecule has 3 aliphatic rings. The van der Waals surface area contributed by atoms with Gasteiger partial charge in [-0.05, 0) is 30.5 Å². The van der Waals surface area contributed by atoms with E-state index in [1.54, 1.807) is 19.2 Å². The molecule has 28 heavy (non-hydrogen) atoms. The summed E-state index contributed by atoms with van der Waals surface area (Å²) >= 11 is 0. The van der Waals surface area contributed by atoms with Gasteiger partial charge in [-0.15, -0.1) is 0 Å². The Morgan fingerprint density at radius 3 is 2.46 bits per heavy atom. The molecule has 8 heteroatoms. The number of urea groups is 1. The molecule has 148 valence electrons. The zero-order valence-electron chi connectivity index (χ0n) is 16.5. The van der Waals surface area contributed by atoms with Gasteiger partial charge < -0.3 is 14.7 Å². The summed E-state index contributed by atoms with van der Waals surface area (Å²) in [5, 5.41) is 0. The van der Waals surface area contributed by atoms with Gasteiger partial charge in [0.15, 0.2) is 12.2 Å². The van der Waals surface area contributed by atoms with E-state index in [9.17, 15) is 14.0 Å². The monoisotopic (exact) mass is 385 g/mol. The van der Waals surface area contributed by atoms with Crippen LogP contribution in [0, 0.1) is 11.7 Å². The van der Waals surface area contributed by atoms with Crippen molar-refractivity contribution in [2.24, 2.45) is 10.9 Å². The third-order valence-corrected chi connectivity index (χ3v) is 5.30. The lowest BCUT2D eigenvalue weighted by Gasteiger charge is -2.40. The number of aliphatic imine (C=N–C) groups is 1. The number of allylic oxidation sites excluding steroid dienone is 1. The van der Waals surface area contributed by atoms with Crippen LogP contribution >= 0.6 is 0 Å². The third-order valence-electron chi connectivity index (χ3n) is 5.30. The van der Waals surface area contributed by atoms with E-state index >= 15 is 0 Å². The van der Waals surface area contributed by atoms with Crippen molar-refractivity contribution in [3.8, 4) is 0 Å². The van der Waals surface area contributed by atoms with Crippen LogP contribution in [0.1, 0.15) is 26.3 Å². The first-order chi connectivity index (χ1) is 13.3. The molecular formula is C20H24FN5O2. The summed E-state index contributed by atoms with van der Waals surface area (Å²) in [4.78, 5) is 37.5. The molecule has 3 amide bonds. The lowest BCUT2D eigenvalue weighted by atomic mass is 10.1. The number of nitrogens with zero attached hydrogens (tertiary/aromatic N) is 5. The summed E-state index contributed by atoms with van der Waals surface area (Å²) < 4.78 is 13.2. The molecule has 4 rings (SSSR count). The van der Waals surface area contributed by atoms with Gasteiger partial charge >= 0.3 is 6.03 Å². The van der Waals surface area contributed by atoms with Crippen molar-refractivity contribution in [1.29, 1.82) is 0 Å². The standard InChI is InChI=1S/C20H24FN5O2/c1-12(2)9-24-13(3)10-25-16-17(22-19(24)25)23(4)20(28)26(18(16)27)11-14-5-7-15(21)8-6-14/h5-8,10,12,16-17H,9,11H2,1-4H3. The average Bonchev–Trinajstić information content (AvgIpc) is 3.15. The second-order valence-electron chi connectivity index (χ2n) is 7.91. The minimum atomic E-state index is -0.578. The number of imide groups is 1. The number of halogens is 1. The largest absolute Gasteiger partial charge is 0.328 e. The van der Waals surface area contributed by atoms with E-state index in [0.29, 0.717) is 11.5 Å². The number of guanidine groups is 1.